The highest BCUT2D eigenvalue weighted by molar-refractivity contribution is 7.19. The van der Waals surface area contributed by atoms with Crippen molar-refractivity contribution in [2.24, 2.45) is 0 Å². The lowest BCUT2D eigenvalue weighted by Gasteiger charge is -2.26. The van der Waals surface area contributed by atoms with Crippen LogP contribution in [0.15, 0.2) is 61.7 Å². The molecule has 0 N–H and O–H groups in total. The summed E-state index contributed by atoms with van der Waals surface area (Å²) in [7, 11) is 0. The minimum Gasteiger partial charge on any atom is -0.493 e. The summed E-state index contributed by atoms with van der Waals surface area (Å²) >= 11 is 2.12. The van der Waals surface area contributed by atoms with Crippen LogP contribution in [0.25, 0.3) is 31.3 Å². The monoisotopic (exact) mass is 608 g/mol. The second-order valence-electron chi connectivity index (χ2n) is 9.71. The number of benzene rings is 2. The Morgan fingerprint density at radius 2 is 1.07 bits per heavy atom. The molecule has 0 saturated carbocycles. The number of fused-ring (bicyclic) bond motifs is 2. The van der Waals surface area contributed by atoms with Gasteiger partial charge in [0.05, 0.1) is 13.2 Å². The van der Waals surface area contributed by atoms with E-state index in [1.165, 1.54) is 38.1 Å². The van der Waals surface area contributed by atoms with Crippen LogP contribution >= 0.6 is 22.7 Å². The highest BCUT2D eigenvalue weighted by Crippen LogP contribution is 2.67. The average molecular weight is 609 g/mol. The van der Waals surface area contributed by atoms with Gasteiger partial charge in [0, 0.05) is 52.2 Å². The molecule has 0 atom stereocenters. The first-order valence-electron chi connectivity index (χ1n) is 12.8. The van der Waals surface area contributed by atoms with E-state index in [0.29, 0.717) is 47.0 Å². The lowest BCUT2D eigenvalue weighted by molar-refractivity contribution is -0.254. The first kappa shape index (κ1) is 29.3. The number of rotatable bonds is 10. The fourth-order valence-corrected chi connectivity index (χ4v) is 7.31. The highest BCUT2D eigenvalue weighted by Gasteiger charge is 2.80. The number of ether oxygens (including phenoxy) is 2. The summed E-state index contributed by atoms with van der Waals surface area (Å²) in [6.07, 6.45) is 4.51. The number of thiophene rings is 2. The summed E-state index contributed by atoms with van der Waals surface area (Å²) in [6, 6.07) is 9.15. The standard InChI is InChI=1S/C31H26F6O2S2/c1-5-7-13-38-19-9-11-21-23(15-19)40-17(3)25(21)27-28(30(34,35)31(36,37)29(27,32)33)26-18(4)41-24-16-20(10-12-22(24)26)39-14-8-6-2/h5-6,9-12,15-16H,1-2,7-8,13-14H2,3-4H3. The fraction of sp³-hybridized carbons (Fsp3) is 0.290. The minimum absolute atomic E-state index is 0.180. The van der Waals surface area contributed by atoms with Crippen molar-refractivity contribution in [3.05, 3.63) is 82.6 Å². The Morgan fingerprint density at radius 1 is 0.683 bits per heavy atom. The highest BCUT2D eigenvalue weighted by atomic mass is 32.1. The van der Waals surface area contributed by atoms with Crippen molar-refractivity contribution >= 4 is 54.0 Å². The minimum atomic E-state index is -5.65. The zero-order valence-electron chi connectivity index (χ0n) is 22.3. The van der Waals surface area contributed by atoms with Gasteiger partial charge in [0.2, 0.25) is 0 Å². The van der Waals surface area contributed by atoms with Crippen molar-refractivity contribution in [2.75, 3.05) is 13.2 Å². The molecule has 41 heavy (non-hydrogen) atoms. The third-order valence-corrected chi connectivity index (χ3v) is 9.16. The Kier molecular flexibility index (Phi) is 7.53. The number of hydrogen-bond acceptors (Lipinski definition) is 4. The summed E-state index contributed by atoms with van der Waals surface area (Å²) in [5, 5.41) is 0.360. The summed E-state index contributed by atoms with van der Waals surface area (Å²) in [5.74, 6) is -15.0. The van der Waals surface area contributed by atoms with Crippen LogP contribution in [0.1, 0.15) is 33.7 Å². The van der Waals surface area contributed by atoms with Crippen LogP contribution in [0.2, 0.25) is 0 Å². The topological polar surface area (TPSA) is 18.5 Å². The van der Waals surface area contributed by atoms with Gasteiger partial charge < -0.3 is 9.47 Å². The third kappa shape index (κ3) is 4.55. The normalized spacial score (nSPS) is 17.4. The van der Waals surface area contributed by atoms with Gasteiger partial charge in [0.15, 0.2) is 0 Å². The molecule has 2 aromatic heterocycles. The van der Waals surface area contributed by atoms with Gasteiger partial charge in [-0.25, -0.2) is 0 Å². The molecule has 0 bridgehead atoms. The molecule has 0 radical (unpaired) electrons. The van der Waals surface area contributed by atoms with Gasteiger partial charge in [-0.05, 0) is 63.1 Å². The Morgan fingerprint density at radius 3 is 1.44 bits per heavy atom. The molecule has 216 valence electrons. The van der Waals surface area contributed by atoms with E-state index >= 15 is 26.3 Å². The van der Waals surface area contributed by atoms with Crippen molar-refractivity contribution in [1.29, 1.82) is 0 Å². The first-order valence-corrected chi connectivity index (χ1v) is 14.4. The number of halogens is 6. The Hall–Kier alpha value is -3.24. The number of alkyl halides is 6. The van der Waals surface area contributed by atoms with Gasteiger partial charge in [-0.15, -0.1) is 35.8 Å². The molecule has 1 aliphatic rings. The molecule has 5 rings (SSSR count). The maximum Gasteiger partial charge on any atom is 0.380 e. The molecule has 0 fully saturated rings. The summed E-state index contributed by atoms with van der Waals surface area (Å²) in [4.78, 5) is 0.443. The van der Waals surface area contributed by atoms with E-state index in [2.05, 4.69) is 13.2 Å². The average Bonchev–Trinajstić information content (AvgIpc) is 3.43. The van der Waals surface area contributed by atoms with Gasteiger partial charge in [-0.3, -0.25) is 0 Å². The molecule has 0 amide bonds. The van der Waals surface area contributed by atoms with Gasteiger partial charge in [-0.1, -0.05) is 12.2 Å². The van der Waals surface area contributed by atoms with Crippen molar-refractivity contribution < 1.29 is 35.8 Å². The molecular weight excluding hydrogens is 582 g/mol. The molecule has 4 aromatic rings. The predicted octanol–water partition coefficient (Wildman–Crippen LogP) is 10.5. The van der Waals surface area contributed by atoms with E-state index in [1.807, 2.05) is 0 Å². The van der Waals surface area contributed by atoms with E-state index in [4.69, 9.17) is 9.47 Å². The van der Waals surface area contributed by atoms with Crippen LogP contribution in [-0.4, -0.2) is 31.0 Å². The quantitative estimate of drug-likeness (QED) is 0.101. The van der Waals surface area contributed by atoms with Crippen LogP contribution in [0.5, 0.6) is 11.5 Å². The van der Waals surface area contributed by atoms with Crippen LogP contribution in [-0.2, 0) is 0 Å². The SMILES string of the molecule is C=CCCOc1ccc2c(C3=C(c4c(C)sc5cc(OCCC=C)ccc45)C(F)(F)C(F)(F)C3(F)F)c(C)sc2c1. The van der Waals surface area contributed by atoms with Gasteiger partial charge in [0.1, 0.15) is 11.5 Å². The van der Waals surface area contributed by atoms with Crippen LogP contribution in [0, 0.1) is 13.8 Å². The lowest BCUT2D eigenvalue weighted by atomic mass is 9.91. The fourth-order valence-electron chi connectivity index (χ4n) is 5.11. The molecule has 2 nitrogen and oxygen atoms in total. The smallest absolute Gasteiger partial charge is 0.380 e. The van der Waals surface area contributed by atoms with Gasteiger partial charge in [0.25, 0.3) is 0 Å². The molecule has 2 heterocycles. The molecule has 0 unspecified atom stereocenters. The van der Waals surface area contributed by atoms with Crippen molar-refractivity contribution in [1.82, 2.24) is 0 Å². The van der Waals surface area contributed by atoms with Gasteiger partial charge >= 0.3 is 17.8 Å². The molecule has 1 aliphatic carbocycles. The molecule has 0 aliphatic heterocycles. The maximum absolute atomic E-state index is 15.7. The van der Waals surface area contributed by atoms with Crippen molar-refractivity contribution in [2.45, 2.75) is 44.5 Å². The van der Waals surface area contributed by atoms with Crippen LogP contribution in [0.3, 0.4) is 0 Å². The van der Waals surface area contributed by atoms with Crippen LogP contribution < -0.4 is 9.47 Å². The molecule has 0 saturated heterocycles. The zero-order chi connectivity index (χ0) is 29.7. The molecule has 2 aromatic carbocycles. The lowest BCUT2D eigenvalue weighted by Crippen LogP contribution is -2.48. The van der Waals surface area contributed by atoms with E-state index in [1.54, 1.807) is 24.3 Å². The molecular formula is C31H26F6O2S2. The summed E-state index contributed by atoms with van der Waals surface area (Å²) in [6.45, 7) is 10.9. The summed E-state index contributed by atoms with van der Waals surface area (Å²) < 4.78 is 105. The zero-order valence-corrected chi connectivity index (χ0v) is 23.9. The van der Waals surface area contributed by atoms with Gasteiger partial charge in [-0.2, -0.15) is 26.3 Å². The Bertz CT molecular complexity index is 1570. The first-order chi connectivity index (χ1) is 19.4. The molecule has 10 heteroatoms. The Labute approximate surface area is 241 Å². The largest absolute Gasteiger partial charge is 0.493 e. The molecule has 0 spiro atoms. The van der Waals surface area contributed by atoms with E-state index in [0.717, 1.165) is 22.7 Å². The Balaban J connectivity index is 1.76. The summed E-state index contributed by atoms with van der Waals surface area (Å²) in [5.41, 5.74) is -3.29. The van der Waals surface area contributed by atoms with E-state index in [9.17, 15) is 0 Å². The number of aryl methyl sites for hydroxylation is 2. The number of allylic oxidation sites excluding steroid dienone is 2. The van der Waals surface area contributed by atoms with Crippen molar-refractivity contribution in [3.8, 4) is 11.5 Å². The second-order valence-corrected chi connectivity index (χ2v) is 12.2. The van der Waals surface area contributed by atoms with Crippen molar-refractivity contribution in [3.63, 3.8) is 0 Å². The third-order valence-electron chi connectivity index (χ3n) is 7.02. The second kappa shape index (κ2) is 10.5. The van der Waals surface area contributed by atoms with E-state index in [-0.39, 0.29) is 31.7 Å². The van der Waals surface area contributed by atoms with E-state index < -0.39 is 28.9 Å². The predicted molar refractivity (Wildman–Crippen MR) is 155 cm³/mol. The van der Waals surface area contributed by atoms with Crippen LogP contribution in [0.4, 0.5) is 26.3 Å². The number of hydrogen-bond donors (Lipinski definition) is 0. The maximum atomic E-state index is 15.7.